The molecule has 3 N–H and O–H groups in total. The van der Waals surface area contributed by atoms with Gasteiger partial charge in [-0.1, -0.05) is 6.07 Å². The van der Waals surface area contributed by atoms with Crippen LogP contribution >= 0.6 is 0 Å². The van der Waals surface area contributed by atoms with Crippen molar-refractivity contribution in [1.29, 1.82) is 5.26 Å². The molecule has 6 nitrogen and oxygen atoms in total. The maximum absolute atomic E-state index is 11.8. The van der Waals surface area contributed by atoms with E-state index in [4.69, 9.17) is 10.4 Å². The zero-order valence-electron chi connectivity index (χ0n) is 10.8. The summed E-state index contributed by atoms with van der Waals surface area (Å²) in [5, 5.41) is 22.7. The molecule has 0 aliphatic rings. The normalized spacial score (nSPS) is 9.48. The van der Waals surface area contributed by atoms with Gasteiger partial charge in [-0.2, -0.15) is 5.26 Å². The standard InChI is InChI=1S/C15H11N3O3/c16-9-10-4-6-12(7-5-10)17-15(21)18-13-3-1-2-11(8-13)14(19)20/h1-8H,(H,19,20)(H2,17,18,21). The van der Waals surface area contributed by atoms with Crippen LogP contribution in [0.4, 0.5) is 16.2 Å². The van der Waals surface area contributed by atoms with Crippen LogP contribution in [0.2, 0.25) is 0 Å². The Kier molecular flexibility index (Phi) is 4.17. The third-order valence-corrected chi connectivity index (χ3v) is 2.64. The molecular weight excluding hydrogens is 270 g/mol. The van der Waals surface area contributed by atoms with Crippen LogP contribution in [0.3, 0.4) is 0 Å². The number of benzene rings is 2. The molecule has 21 heavy (non-hydrogen) atoms. The summed E-state index contributed by atoms with van der Waals surface area (Å²) in [6.07, 6.45) is 0. The number of nitrogens with zero attached hydrogens (tertiary/aromatic N) is 1. The van der Waals surface area contributed by atoms with Crippen molar-refractivity contribution in [2.24, 2.45) is 0 Å². The van der Waals surface area contributed by atoms with Gasteiger partial charge in [0.1, 0.15) is 0 Å². The van der Waals surface area contributed by atoms with Crippen LogP contribution in [0.5, 0.6) is 0 Å². The zero-order valence-corrected chi connectivity index (χ0v) is 10.8. The average molecular weight is 281 g/mol. The second kappa shape index (κ2) is 6.21. The minimum absolute atomic E-state index is 0.0890. The highest BCUT2D eigenvalue weighted by molar-refractivity contribution is 6.00. The zero-order chi connectivity index (χ0) is 15.2. The highest BCUT2D eigenvalue weighted by Crippen LogP contribution is 2.13. The number of carbonyl (C=O) groups excluding carboxylic acids is 1. The molecule has 0 unspecified atom stereocenters. The van der Waals surface area contributed by atoms with Crippen molar-refractivity contribution in [2.45, 2.75) is 0 Å². The van der Waals surface area contributed by atoms with Crippen LogP contribution in [0.25, 0.3) is 0 Å². The topological polar surface area (TPSA) is 102 Å². The molecule has 0 radical (unpaired) electrons. The Bertz CT molecular complexity index is 718. The molecule has 0 aliphatic carbocycles. The summed E-state index contributed by atoms with van der Waals surface area (Å²) < 4.78 is 0. The first-order valence-electron chi connectivity index (χ1n) is 6.00. The Labute approximate surface area is 120 Å². The molecule has 0 spiro atoms. The fourth-order valence-corrected chi connectivity index (χ4v) is 1.65. The van der Waals surface area contributed by atoms with E-state index in [1.54, 1.807) is 36.4 Å². The fourth-order valence-electron chi connectivity index (χ4n) is 1.65. The number of nitriles is 1. The summed E-state index contributed by atoms with van der Waals surface area (Å²) >= 11 is 0. The molecule has 0 aliphatic heterocycles. The predicted octanol–water partition coefficient (Wildman–Crippen LogP) is 2.90. The smallest absolute Gasteiger partial charge is 0.335 e. The molecule has 0 aromatic heterocycles. The van der Waals surface area contributed by atoms with E-state index in [-0.39, 0.29) is 5.56 Å². The summed E-state index contributed by atoms with van der Waals surface area (Å²) in [7, 11) is 0. The number of carboxylic acids is 1. The molecule has 104 valence electrons. The molecule has 0 heterocycles. The molecule has 2 aromatic carbocycles. The summed E-state index contributed by atoms with van der Waals surface area (Å²) in [5.74, 6) is -1.06. The van der Waals surface area contributed by atoms with Gasteiger partial charge in [-0.15, -0.1) is 0 Å². The summed E-state index contributed by atoms with van der Waals surface area (Å²) in [6, 6.07) is 13.8. The molecule has 0 saturated heterocycles. The van der Waals surface area contributed by atoms with Crippen molar-refractivity contribution in [3.05, 3.63) is 59.7 Å². The van der Waals surface area contributed by atoms with Gasteiger partial charge in [0.15, 0.2) is 0 Å². The molecule has 2 rings (SSSR count). The Hall–Kier alpha value is -3.33. The second-order valence-electron chi connectivity index (χ2n) is 4.15. The molecule has 0 fully saturated rings. The minimum atomic E-state index is -1.06. The second-order valence-corrected chi connectivity index (χ2v) is 4.15. The van der Waals surface area contributed by atoms with Gasteiger partial charge in [-0.25, -0.2) is 9.59 Å². The highest BCUT2D eigenvalue weighted by atomic mass is 16.4. The first kappa shape index (κ1) is 14.1. The average Bonchev–Trinajstić information content (AvgIpc) is 2.48. The van der Waals surface area contributed by atoms with E-state index in [1.807, 2.05) is 6.07 Å². The Balaban J connectivity index is 2.02. The van der Waals surface area contributed by atoms with Crippen LogP contribution < -0.4 is 10.6 Å². The molecule has 2 aromatic rings. The Morgan fingerprint density at radius 3 is 2.29 bits per heavy atom. The van der Waals surface area contributed by atoms with Crippen molar-refractivity contribution in [2.75, 3.05) is 10.6 Å². The van der Waals surface area contributed by atoms with Crippen molar-refractivity contribution in [3.8, 4) is 6.07 Å². The quantitative estimate of drug-likeness (QED) is 0.804. The maximum Gasteiger partial charge on any atom is 0.335 e. The van der Waals surface area contributed by atoms with Gasteiger partial charge in [0.25, 0.3) is 0 Å². The highest BCUT2D eigenvalue weighted by Gasteiger charge is 2.06. The molecule has 0 atom stereocenters. The van der Waals surface area contributed by atoms with Crippen LogP contribution in [0.15, 0.2) is 48.5 Å². The SMILES string of the molecule is N#Cc1ccc(NC(=O)Nc2cccc(C(=O)O)c2)cc1. The van der Waals surface area contributed by atoms with E-state index in [9.17, 15) is 9.59 Å². The van der Waals surface area contributed by atoms with Crippen molar-refractivity contribution >= 4 is 23.4 Å². The lowest BCUT2D eigenvalue weighted by Gasteiger charge is -2.08. The Morgan fingerprint density at radius 2 is 1.67 bits per heavy atom. The third-order valence-electron chi connectivity index (χ3n) is 2.64. The molecule has 2 amide bonds. The number of anilines is 2. The molecular formula is C15H11N3O3. The van der Waals surface area contributed by atoms with Crippen molar-refractivity contribution < 1.29 is 14.7 Å². The number of carboxylic acid groups (broad SMARTS) is 1. The number of carbonyl (C=O) groups is 2. The molecule has 0 bridgehead atoms. The van der Waals surface area contributed by atoms with Gasteiger partial charge in [0.2, 0.25) is 0 Å². The third kappa shape index (κ3) is 3.81. The van der Waals surface area contributed by atoms with Crippen LogP contribution in [0.1, 0.15) is 15.9 Å². The lowest BCUT2D eigenvalue weighted by Crippen LogP contribution is -2.19. The van der Waals surface area contributed by atoms with Crippen LogP contribution in [-0.4, -0.2) is 17.1 Å². The van der Waals surface area contributed by atoms with Gasteiger partial charge in [-0.3, -0.25) is 0 Å². The number of hydrogen-bond acceptors (Lipinski definition) is 3. The number of amides is 2. The van der Waals surface area contributed by atoms with Crippen LogP contribution in [0, 0.1) is 11.3 Å². The summed E-state index contributed by atoms with van der Waals surface area (Å²) in [6.45, 7) is 0. The van der Waals surface area contributed by atoms with Gasteiger partial charge >= 0.3 is 12.0 Å². The van der Waals surface area contributed by atoms with E-state index >= 15 is 0 Å². The van der Waals surface area contributed by atoms with Crippen LogP contribution in [-0.2, 0) is 0 Å². The fraction of sp³-hybridized carbons (Fsp3) is 0. The van der Waals surface area contributed by atoms with Crippen molar-refractivity contribution in [1.82, 2.24) is 0 Å². The largest absolute Gasteiger partial charge is 0.478 e. The van der Waals surface area contributed by atoms with E-state index in [2.05, 4.69) is 10.6 Å². The monoisotopic (exact) mass is 281 g/mol. The Morgan fingerprint density at radius 1 is 1.00 bits per heavy atom. The summed E-state index contributed by atoms with van der Waals surface area (Å²) in [4.78, 5) is 22.6. The lowest BCUT2D eigenvalue weighted by atomic mass is 10.2. The number of nitrogens with one attached hydrogen (secondary N) is 2. The number of aromatic carboxylic acids is 1. The maximum atomic E-state index is 11.8. The molecule has 0 saturated carbocycles. The number of rotatable bonds is 3. The van der Waals surface area contributed by atoms with E-state index in [1.165, 1.54) is 12.1 Å². The first-order valence-corrected chi connectivity index (χ1v) is 6.00. The van der Waals surface area contributed by atoms with Gasteiger partial charge in [0, 0.05) is 11.4 Å². The first-order chi connectivity index (χ1) is 10.1. The van der Waals surface area contributed by atoms with E-state index in [0.29, 0.717) is 16.9 Å². The lowest BCUT2D eigenvalue weighted by molar-refractivity contribution is 0.0697. The number of hydrogen-bond donors (Lipinski definition) is 3. The van der Waals surface area contributed by atoms with Gasteiger partial charge in [0.05, 0.1) is 17.2 Å². The van der Waals surface area contributed by atoms with E-state index in [0.717, 1.165) is 0 Å². The molecule has 6 heteroatoms. The minimum Gasteiger partial charge on any atom is -0.478 e. The predicted molar refractivity (Wildman–Crippen MR) is 77.2 cm³/mol. The van der Waals surface area contributed by atoms with Crippen molar-refractivity contribution in [3.63, 3.8) is 0 Å². The van der Waals surface area contributed by atoms with E-state index < -0.39 is 12.0 Å². The van der Waals surface area contributed by atoms with Gasteiger partial charge in [-0.05, 0) is 42.5 Å². The summed E-state index contributed by atoms with van der Waals surface area (Å²) in [5.41, 5.74) is 1.49. The van der Waals surface area contributed by atoms with Gasteiger partial charge < -0.3 is 15.7 Å². The number of urea groups is 1.